The van der Waals surface area contributed by atoms with Gasteiger partial charge < -0.3 is 9.80 Å². The first-order chi connectivity index (χ1) is 12.1. The molecule has 0 saturated carbocycles. The third-order valence-electron chi connectivity index (χ3n) is 5.42. The first-order valence-electron chi connectivity index (χ1n) is 8.98. The average Bonchev–Trinajstić information content (AvgIpc) is 2.88. The van der Waals surface area contributed by atoms with Crippen molar-refractivity contribution in [1.82, 2.24) is 14.7 Å². The zero-order valence-electron chi connectivity index (χ0n) is 14.2. The summed E-state index contributed by atoms with van der Waals surface area (Å²) in [6.45, 7) is 4.51. The van der Waals surface area contributed by atoms with Crippen LogP contribution in [0.5, 0.6) is 0 Å². The van der Waals surface area contributed by atoms with E-state index in [0.29, 0.717) is 13.2 Å². The lowest BCUT2D eigenvalue weighted by Gasteiger charge is -2.37. The minimum absolute atomic E-state index is 0.0121. The van der Waals surface area contributed by atoms with Crippen molar-refractivity contribution in [1.29, 1.82) is 0 Å². The molecule has 0 bridgehead atoms. The molecule has 0 aliphatic carbocycles. The third-order valence-corrected chi connectivity index (χ3v) is 5.65. The van der Waals surface area contributed by atoms with Gasteiger partial charge in [-0.2, -0.15) is 0 Å². The molecule has 6 nitrogen and oxygen atoms in total. The summed E-state index contributed by atoms with van der Waals surface area (Å²) in [5.41, 5.74) is 1.12. The van der Waals surface area contributed by atoms with Crippen LogP contribution < -0.4 is 4.90 Å². The number of fused-ring (bicyclic) bond motifs is 1. The molecular formula is C18H23ClN4O2. The van der Waals surface area contributed by atoms with Gasteiger partial charge >= 0.3 is 6.03 Å². The number of nitrogens with zero attached hydrogens (tertiary/aromatic N) is 4. The van der Waals surface area contributed by atoms with Crippen molar-refractivity contribution in [3.05, 3.63) is 29.3 Å². The predicted molar refractivity (Wildman–Crippen MR) is 96.7 cm³/mol. The van der Waals surface area contributed by atoms with Gasteiger partial charge in [-0.25, -0.2) is 9.69 Å². The van der Waals surface area contributed by atoms with Crippen LogP contribution in [0.1, 0.15) is 19.3 Å². The number of hydrogen-bond donors (Lipinski definition) is 0. The van der Waals surface area contributed by atoms with Crippen LogP contribution in [0.2, 0.25) is 5.02 Å². The Morgan fingerprint density at radius 3 is 2.56 bits per heavy atom. The standard InChI is InChI=1S/C18H23ClN4O2/c19-14-4-3-5-15(12-14)21-10-8-20(9-11-21)13-23-17(24)16-6-1-2-7-22(16)18(23)25/h3-5,12,16H,1-2,6-11,13H2. The van der Waals surface area contributed by atoms with Crippen LogP contribution in [0.15, 0.2) is 24.3 Å². The minimum Gasteiger partial charge on any atom is -0.369 e. The van der Waals surface area contributed by atoms with E-state index in [0.717, 1.165) is 56.2 Å². The van der Waals surface area contributed by atoms with E-state index in [1.165, 1.54) is 4.90 Å². The summed E-state index contributed by atoms with van der Waals surface area (Å²) in [6.07, 6.45) is 2.84. The SMILES string of the molecule is O=C1C2CCCCN2C(=O)N1CN1CCN(c2cccc(Cl)c2)CC1. The maximum Gasteiger partial charge on any atom is 0.328 e. The molecule has 3 heterocycles. The summed E-state index contributed by atoms with van der Waals surface area (Å²) >= 11 is 6.07. The van der Waals surface area contributed by atoms with Gasteiger partial charge in [0.1, 0.15) is 6.04 Å². The molecule has 3 aliphatic rings. The fraction of sp³-hybridized carbons (Fsp3) is 0.556. The fourth-order valence-electron chi connectivity index (χ4n) is 4.00. The van der Waals surface area contributed by atoms with Crippen LogP contribution in [-0.2, 0) is 4.79 Å². The molecule has 0 spiro atoms. The van der Waals surface area contributed by atoms with E-state index in [1.54, 1.807) is 4.90 Å². The lowest BCUT2D eigenvalue weighted by atomic mass is 10.0. The van der Waals surface area contributed by atoms with Gasteiger partial charge in [0.15, 0.2) is 0 Å². The third kappa shape index (κ3) is 3.20. The molecule has 3 amide bonds. The summed E-state index contributed by atoms with van der Waals surface area (Å²) in [7, 11) is 0. The van der Waals surface area contributed by atoms with Gasteiger partial charge in [-0.1, -0.05) is 17.7 Å². The Morgan fingerprint density at radius 2 is 1.84 bits per heavy atom. The average molecular weight is 363 g/mol. The first-order valence-corrected chi connectivity index (χ1v) is 9.36. The Labute approximate surface area is 152 Å². The van der Waals surface area contributed by atoms with Gasteiger partial charge in [0, 0.05) is 43.4 Å². The molecule has 3 aliphatic heterocycles. The van der Waals surface area contributed by atoms with Gasteiger partial charge in [0.2, 0.25) is 0 Å². The highest BCUT2D eigenvalue weighted by Crippen LogP contribution is 2.27. The van der Waals surface area contributed by atoms with E-state index < -0.39 is 0 Å². The second-order valence-corrected chi connectivity index (χ2v) is 7.42. The van der Waals surface area contributed by atoms with Crippen molar-refractivity contribution in [2.75, 3.05) is 44.3 Å². The number of carbonyl (C=O) groups excluding carboxylic acids is 2. The zero-order chi connectivity index (χ0) is 17.4. The fourth-order valence-corrected chi connectivity index (χ4v) is 4.18. The Bertz CT molecular complexity index is 651. The number of piperidine rings is 1. The Kier molecular flexibility index (Phi) is 4.56. The number of urea groups is 1. The first kappa shape index (κ1) is 16.7. The highest BCUT2D eigenvalue weighted by molar-refractivity contribution is 6.30. The maximum absolute atomic E-state index is 12.6. The Morgan fingerprint density at radius 1 is 1.04 bits per heavy atom. The molecule has 134 valence electrons. The number of rotatable bonds is 3. The van der Waals surface area contributed by atoms with Crippen molar-refractivity contribution < 1.29 is 9.59 Å². The summed E-state index contributed by atoms with van der Waals surface area (Å²) in [5.74, 6) is -0.0121. The van der Waals surface area contributed by atoms with Crippen LogP contribution >= 0.6 is 11.6 Å². The van der Waals surface area contributed by atoms with Crippen LogP contribution in [-0.4, -0.2) is 72.1 Å². The number of hydrogen-bond acceptors (Lipinski definition) is 4. The van der Waals surface area contributed by atoms with E-state index in [-0.39, 0.29) is 18.0 Å². The van der Waals surface area contributed by atoms with Crippen molar-refractivity contribution in [2.24, 2.45) is 0 Å². The van der Waals surface area contributed by atoms with Crippen LogP contribution in [0.3, 0.4) is 0 Å². The normalized spacial score (nSPS) is 24.8. The molecule has 7 heteroatoms. The topological polar surface area (TPSA) is 47.1 Å². The molecule has 25 heavy (non-hydrogen) atoms. The molecule has 0 radical (unpaired) electrons. The van der Waals surface area contributed by atoms with E-state index in [4.69, 9.17) is 11.6 Å². The number of imide groups is 1. The number of anilines is 1. The van der Waals surface area contributed by atoms with Crippen molar-refractivity contribution in [3.8, 4) is 0 Å². The Balaban J connectivity index is 1.36. The molecular weight excluding hydrogens is 340 g/mol. The van der Waals surface area contributed by atoms with Crippen molar-refractivity contribution in [2.45, 2.75) is 25.3 Å². The zero-order valence-corrected chi connectivity index (χ0v) is 15.0. The number of piperazine rings is 1. The molecule has 0 N–H and O–H groups in total. The summed E-state index contributed by atoms with van der Waals surface area (Å²) < 4.78 is 0. The van der Waals surface area contributed by atoms with Gasteiger partial charge in [0.25, 0.3) is 5.91 Å². The smallest absolute Gasteiger partial charge is 0.328 e. The van der Waals surface area contributed by atoms with Crippen LogP contribution in [0.4, 0.5) is 10.5 Å². The van der Waals surface area contributed by atoms with E-state index >= 15 is 0 Å². The monoisotopic (exact) mass is 362 g/mol. The van der Waals surface area contributed by atoms with Crippen molar-refractivity contribution >= 4 is 29.2 Å². The van der Waals surface area contributed by atoms with Gasteiger partial charge in [-0.15, -0.1) is 0 Å². The van der Waals surface area contributed by atoms with Crippen molar-refractivity contribution in [3.63, 3.8) is 0 Å². The second kappa shape index (κ2) is 6.84. The number of carbonyl (C=O) groups is 2. The summed E-state index contributed by atoms with van der Waals surface area (Å²) in [6, 6.07) is 7.55. The lowest BCUT2D eigenvalue weighted by Crippen LogP contribution is -2.51. The summed E-state index contributed by atoms with van der Waals surface area (Å²) in [4.78, 5) is 32.8. The maximum atomic E-state index is 12.6. The van der Waals surface area contributed by atoms with E-state index in [1.807, 2.05) is 18.2 Å². The van der Waals surface area contributed by atoms with E-state index in [9.17, 15) is 9.59 Å². The van der Waals surface area contributed by atoms with Gasteiger partial charge in [-0.3, -0.25) is 9.69 Å². The lowest BCUT2D eigenvalue weighted by molar-refractivity contribution is -0.130. The number of benzene rings is 1. The number of amides is 3. The molecule has 1 aromatic rings. The largest absolute Gasteiger partial charge is 0.369 e. The highest BCUT2D eigenvalue weighted by Gasteiger charge is 2.46. The molecule has 1 atom stereocenters. The molecule has 0 aromatic heterocycles. The molecule has 3 saturated heterocycles. The minimum atomic E-state index is -0.214. The van der Waals surface area contributed by atoms with Crippen LogP contribution in [0, 0.1) is 0 Å². The van der Waals surface area contributed by atoms with Crippen LogP contribution in [0.25, 0.3) is 0 Å². The molecule has 1 unspecified atom stereocenters. The highest BCUT2D eigenvalue weighted by atomic mass is 35.5. The molecule has 1 aromatic carbocycles. The summed E-state index contributed by atoms with van der Waals surface area (Å²) in [5, 5.41) is 0.741. The quantitative estimate of drug-likeness (QED) is 0.774. The Hall–Kier alpha value is -1.79. The second-order valence-electron chi connectivity index (χ2n) is 6.98. The number of halogens is 1. The van der Waals surface area contributed by atoms with Gasteiger partial charge in [-0.05, 0) is 37.5 Å². The van der Waals surface area contributed by atoms with Gasteiger partial charge in [0.05, 0.1) is 6.67 Å². The molecule has 3 fully saturated rings. The van der Waals surface area contributed by atoms with E-state index in [2.05, 4.69) is 15.9 Å². The molecule has 4 rings (SSSR count). The predicted octanol–water partition coefficient (Wildman–Crippen LogP) is 2.24.